The van der Waals surface area contributed by atoms with Crippen LogP contribution in [-0.2, 0) is 14.3 Å². The number of amides is 2. The molecule has 182 valence electrons. The Labute approximate surface area is 196 Å². The molecule has 0 radical (unpaired) electrons. The lowest BCUT2D eigenvalue weighted by Gasteiger charge is -2.40. The van der Waals surface area contributed by atoms with Crippen molar-refractivity contribution in [1.82, 2.24) is 10.6 Å². The number of carbonyl (C=O) groups is 3. The van der Waals surface area contributed by atoms with Crippen LogP contribution in [0.5, 0.6) is 0 Å². The van der Waals surface area contributed by atoms with Gasteiger partial charge in [-0.2, -0.15) is 8.78 Å². The van der Waals surface area contributed by atoms with E-state index in [4.69, 9.17) is 9.84 Å². The molecule has 9 heteroatoms. The molecule has 7 nitrogen and oxygen atoms in total. The van der Waals surface area contributed by atoms with E-state index in [1.165, 1.54) is 13.8 Å². The highest BCUT2D eigenvalue weighted by Gasteiger charge is 2.47. The Morgan fingerprint density at radius 3 is 1.94 bits per heavy atom. The number of rotatable bonds is 8. The van der Waals surface area contributed by atoms with Crippen LogP contribution in [0.2, 0.25) is 0 Å². The van der Waals surface area contributed by atoms with Gasteiger partial charge >= 0.3 is 18.0 Å². The molecule has 0 unspecified atom stereocenters. The van der Waals surface area contributed by atoms with Crippen LogP contribution in [0.4, 0.5) is 13.6 Å². The Bertz CT molecular complexity index is 1070. The first-order chi connectivity index (χ1) is 15.8. The number of carbonyl (C=O) groups excluding carboxylic acids is 2. The van der Waals surface area contributed by atoms with Crippen LogP contribution >= 0.6 is 0 Å². The quantitative estimate of drug-likeness (QED) is 0.533. The summed E-state index contributed by atoms with van der Waals surface area (Å²) in [7, 11) is 0. The van der Waals surface area contributed by atoms with Gasteiger partial charge in [0.25, 0.3) is 0 Å². The van der Waals surface area contributed by atoms with Gasteiger partial charge in [-0.25, -0.2) is 9.59 Å². The van der Waals surface area contributed by atoms with Gasteiger partial charge in [-0.3, -0.25) is 4.79 Å². The van der Waals surface area contributed by atoms with Gasteiger partial charge in [0.15, 0.2) is 0 Å². The summed E-state index contributed by atoms with van der Waals surface area (Å²) < 4.78 is 32.2. The number of carboxylic acid groups (broad SMARTS) is 1. The van der Waals surface area contributed by atoms with Crippen LogP contribution in [0.1, 0.15) is 44.7 Å². The second kappa shape index (κ2) is 9.04. The van der Waals surface area contributed by atoms with E-state index in [1.54, 1.807) is 13.8 Å². The van der Waals surface area contributed by atoms with Gasteiger partial charge in [0.1, 0.15) is 6.61 Å². The highest BCUT2D eigenvalue weighted by atomic mass is 19.3. The molecule has 2 aromatic carbocycles. The first-order valence-electron chi connectivity index (χ1n) is 10.8. The van der Waals surface area contributed by atoms with Gasteiger partial charge in [0, 0.05) is 5.92 Å². The average molecular weight is 475 g/mol. The third-order valence-corrected chi connectivity index (χ3v) is 6.67. The van der Waals surface area contributed by atoms with Gasteiger partial charge in [0.05, 0.1) is 17.5 Å². The maximum absolute atomic E-state index is 13.4. The van der Waals surface area contributed by atoms with E-state index < -0.39 is 41.4 Å². The topological polar surface area (TPSA) is 105 Å². The van der Waals surface area contributed by atoms with Crippen LogP contribution in [0.15, 0.2) is 48.5 Å². The van der Waals surface area contributed by atoms with Gasteiger partial charge in [-0.15, -0.1) is 0 Å². The molecule has 0 heterocycles. The number of fused-ring (bicyclic) bond motifs is 3. The van der Waals surface area contributed by atoms with Crippen LogP contribution in [0.25, 0.3) is 11.1 Å². The fraction of sp³-hybridized carbons (Fsp3) is 0.400. The molecular weight excluding hydrogens is 446 g/mol. The minimum absolute atomic E-state index is 0.0768. The number of alkyl halides is 2. The van der Waals surface area contributed by atoms with Crippen molar-refractivity contribution >= 4 is 18.0 Å². The Hall–Kier alpha value is -3.49. The molecule has 0 saturated heterocycles. The lowest BCUT2D eigenvalue weighted by molar-refractivity contribution is -0.164. The van der Waals surface area contributed by atoms with Crippen molar-refractivity contribution in [1.29, 1.82) is 0 Å². The summed E-state index contributed by atoms with van der Waals surface area (Å²) in [5.41, 5.74) is 1.70. The predicted molar refractivity (Wildman–Crippen MR) is 122 cm³/mol. The standard InChI is InChI=1S/C25H28F2N2O5/c1-23(2,20(30)28-14-25(26,27)21(31)32)24(3,4)29-22(33)34-13-19-17-11-7-5-9-15(17)16-10-6-8-12-18(16)19/h5-12,19H,13-14H2,1-4H3,(H,28,30)(H,29,33)(H,31,32). The van der Waals surface area contributed by atoms with E-state index in [1.807, 2.05) is 53.8 Å². The number of carboxylic acids is 1. The predicted octanol–water partition coefficient (Wildman–Crippen LogP) is 4.17. The number of alkyl carbamates (subject to hydrolysis) is 1. The minimum atomic E-state index is -4.10. The highest BCUT2D eigenvalue weighted by molar-refractivity contribution is 5.85. The molecule has 1 aliphatic carbocycles. The Balaban J connectivity index is 1.65. The van der Waals surface area contributed by atoms with Crippen LogP contribution in [-0.4, -0.2) is 47.7 Å². The number of nitrogens with one attached hydrogen (secondary N) is 2. The molecule has 0 spiro atoms. The normalized spacial score (nSPS) is 13.6. The summed E-state index contributed by atoms with van der Waals surface area (Å²) in [6.45, 7) is 4.77. The molecule has 0 fully saturated rings. The van der Waals surface area contributed by atoms with Gasteiger partial charge in [-0.1, -0.05) is 48.5 Å². The smallest absolute Gasteiger partial charge is 0.407 e. The van der Waals surface area contributed by atoms with Crippen molar-refractivity contribution in [2.75, 3.05) is 13.2 Å². The van der Waals surface area contributed by atoms with Gasteiger partial charge < -0.3 is 20.5 Å². The molecule has 0 aliphatic heterocycles. The zero-order chi connectivity index (χ0) is 25.3. The molecular formula is C25H28F2N2O5. The summed E-state index contributed by atoms with van der Waals surface area (Å²) in [6, 6.07) is 15.8. The zero-order valence-electron chi connectivity index (χ0n) is 19.4. The number of benzene rings is 2. The Kier molecular flexibility index (Phi) is 6.68. The van der Waals surface area contributed by atoms with Gasteiger partial charge in [-0.05, 0) is 49.9 Å². The second-order valence-electron chi connectivity index (χ2n) is 9.39. The van der Waals surface area contributed by atoms with E-state index in [0.717, 1.165) is 22.3 Å². The average Bonchev–Trinajstić information content (AvgIpc) is 3.09. The third-order valence-electron chi connectivity index (χ3n) is 6.67. The largest absolute Gasteiger partial charge is 0.477 e. The van der Waals surface area contributed by atoms with Crippen molar-refractivity contribution in [3.8, 4) is 11.1 Å². The fourth-order valence-electron chi connectivity index (χ4n) is 3.82. The van der Waals surface area contributed by atoms with E-state index >= 15 is 0 Å². The monoisotopic (exact) mass is 474 g/mol. The molecule has 0 atom stereocenters. The van der Waals surface area contributed by atoms with E-state index in [9.17, 15) is 23.2 Å². The molecule has 3 rings (SSSR count). The number of aliphatic carboxylic acids is 1. The molecule has 0 saturated carbocycles. The number of hydrogen-bond donors (Lipinski definition) is 3. The zero-order valence-corrected chi connectivity index (χ0v) is 19.4. The summed E-state index contributed by atoms with van der Waals surface area (Å²) in [6.07, 6.45) is -0.761. The first-order valence-corrected chi connectivity index (χ1v) is 10.8. The molecule has 1 aliphatic rings. The third kappa shape index (κ3) is 4.73. The van der Waals surface area contributed by atoms with E-state index in [2.05, 4.69) is 5.32 Å². The van der Waals surface area contributed by atoms with Crippen molar-refractivity contribution < 1.29 is 33.0 Å². The fourth-order valence-corrected chi connectivity index (χ4v) is 3.82. The summed E-state index contributed by atoms with van der Waals surface area (Å²) >= 11 is 0. The second-order valence-corrected chi connectivity index (χ2v) is 9.39. The summed E-state index contributed by atoms with van der Waals surface area (Å²) in [5.74, 6) is -7.41. The molecule has 2 aromatic rings. The van der Waals surface area contributed by atoms with Crippen molar-refractivity contribution in [2.45, 2.75) is 45.1 Å². The highest BCUT2D eigenvalue weighted by Crippen LogP contribution is 2.44. The van der Waals surface area contributed by atoms with Crippen LogP contribution in [0, 0.1) is 5.41 Å². The number of ether oxygens (including phenoxy) is 1. The summed E-state index contributed by atoms with van der Waals surface area (Å²) in [5, 5.41) is 13.1. The SMILES string of the molecule is CC(C)(NC(=O)OCC1c2ccccc2-c2ccccc21)C(C)(C)C(=O)NCC(F)(F)C(=O)O. The molecule has 0 bridgehead atoms. The summed E-state index contributed by atoms with van der Waals surface area (Å²) in [4.78, 5) is 35.8. The number of halogens is 2. The minimum Gasteiger partial charge on any atom is -0.477 e. The Morgan fingerprint density at radius 2 is 1.44 bits per heavy atom. The molecule has 34 heavy (non-hydrogen) atoms. The van der Waals surface area contributed by atoms with Crippen molar-refractivity contribution in [3.05, 3.63) is 59.7 Å². The lowest BCUT2D eigenvalue weighted by Crippen LogP contribution is -2.60. The lowest BCUT2D eigenvalue weighted by atomic mass is 9.73. The van der Waals surface area contributed by atoms with Crippen LogP contribution < -0.4 is 10.6 Å². The molecule has 2 amide bonds. The maximum atomic E-state index is 13.4. The van der Waals surface area contributed by atoms with Gasteiger partial charge in [0.2, 0.25) is 5.91 Å². The molecule has 3 N–H and O–H groups in total. The molecule has 0 aromatic heterocycles. The maximum Gasteiger partial charge on any atom is 0.407 e. The van der Waals surface area contributed by atoms with Crippen molar-refractivity contribution in [2.24, 2.45) is 5.41 Å². The Morgan fingerprint density at radius 1 is 0.941 bits per heavy atom. The van der Waals surface area contributed by atoms with Crippen molar-refractivity contribution in [3.63, 3.8) is 0 Å². The number of hydrogen-bond acceptors (Lipinski definition) is 4. The van der Waals surface area contributed by atoms with Crippen LogP contribution in [0.3, 0.4) is 0 Å². The van der Waals surface area contributed by atoms with E-state index in [0.29, 0.717) is 0 Å². The van der Waals surface area contributed by atoms with E-state index in [-0.39, 0.29) is 12.5 Å². The first kappa shape index (κ1) is 25.1.